The van der Waals surface area contributed by atoms with Crippen LogP contribution in [0.2, 0.25) is 0 Å². The third kappa shape index (κ3) is 5.79. The highest BCUT2D eigenvalue weighted by Gasteiger charge is 2.16. The molecule has 1 aromatic carbocycles. The molecular weight excluding hydrogens is 350 g/mol. The number of hydrogen-bond donors (Lipinski definition) is 2. The summed E-state index contributed by atoms with van der Waals surface area (Å²) in [6, 6.07) is 9.58. The van der Waals surface area contributed by atoms with Crippen LogP contribution < -0.4 is 10.6 Å². The van der Waals surface area contributed by atoms with Crippen LogP contribution in [0.25, 0.3) is 6.08 Å². The van der Waals surface area contributed by atoms with Gasteiger partial charge in [-0.1, -0.05) is 30.3 Å². The molecule has 6 nitrogen and oxygen atoms in total. The smallest absolute Gasteiger partial charge is 0.250 e. The number of thiazole rings is 1. The molecule has 1 aliphatic heterocycles. The highest BCUT2D eigenvalue weighted by molar-refractivity contribution is 7.14. The molecule has 1 saturated heterocycles. The first-order valence-electron chi connectivity index (χ1n) is 8.56. The van der Waals surface area contributed by atoms with Gasteiger partial charge < -0.3 is 10.1 Å². The minimum Gasteiger partial charge on any atom is -0.376 e. The zero-order valence-electron chi connectivity index (χ0n) is 14.3. The number of aromatic nitrogens is 1. The quantitative estimate of drug-likeness (QED) is 0.733. The van der Waals surface area contributed by atoms with Gasteiger partial charge in [0.05, 0.1) is 18.2 Å². The van der Waals surface area contributed by atoms with Crippen LogP contribution in [-0.2, 0) is 20.7 Å². The SMILES string of the molecule is O=C(/C=C/c1ccccc1)Nc1nc(CC(=O)NC[C@H]2CCCO2)cs1. The van der Waals surface area contributed by atoms with Crippen LogP contribution in [-0.4, -0.2) is 36.1 Å². The van der Waals surface area contributed by atoms with Crippen molar-refractivity contribution in [2.45, 2.75) is 25.4 Å². The Morgan fingerprint density at radius 3 is 2.92 bits per heavy atom. The molecule has 2 amide bonds. The lowest BCUT2D eigenvalue weighted by Crippen LogP contribution is -2.32. The second-order valence-electron chi connectivity index (χ2n) is 5.99. The largest absolute Gasteiger partial charge is 0.376 e. The van der Waals surface area contributed by atoms with E-state index >= 15 is 0 Å². The molecule has 0 aliphatic carbocycles. The normalized spacial score (nSPS) is 16.7. The van der Waals surface area contributed by atoms with Crippen LogP contribution in [0.1, 0.15) is 24.1 Å². The van der Waals surface area contributed by atoms with Crippen molar-refractivity contribution in [2.75, 3.05) is 18.5 Å². The molecule has 1 atom stereocenters. The maximum Gasteiger partial charge on any atom is 0.250 e. The first-order chi connectivity index (χ1) is 12.7. The Kier molecular flexibility index (Phi) is 6.51. The van der Waals surface area contributed by atoms with Crippen LogP contribution >= 0.6 is 11.3 Å². The van der Waals surface area contributed by atoms with Gasteiger partial charge in [0, 0.05) is 24.6 Å². The van der Waals surface area contributed by atoms with Gasteiger partial charge in [-0.25, -0.2) is 4.98 Å². The molecule has 1 aromatic heterocycles. The first kappa shape index (κ1) is 18.3. The maximum atomic E-state index is 12.0. The van der Waals surface area contributed by atoms with Crippen molar-refractivity contribution in [1.82, 2.24) is 10.3 Å². The highest BCUT2D eigenvalue weighted by Crippen LogP contribution is 2.16. The van der Waals surface area contributed by atoms with E-state index in [1.54, 1.807) is 11.5 Å². The molecule has 0 unspecified atom stereocenters. The average Bonchev–Trinajstić information content (AvgIpc) is 3.31. The Morgan fingerprint density at radius 1 is 1.31 bits per heavy atom. The number of anilines is 1. The number of hydrogen-bond acceptors (Lipinski definition) is 5. The number of carbonyl (C=O) groups excluding carboxylic acids is 2. The number of carbonyl (C=O) groups is 2. The summed E-state index contributed by atoms with van der Waals surface area (Å²) in [6.07, 6.45) is 5.56. The van der Waals surface area contributed by atoms with Gasteiger partial charge in [0.15, 0.2) is 5.13 Å². The molecule has 136 valence electrons. The molecule has 2 heterocycles. The van der Waals surface area contributed by atoms with Crippen LogP contribution in [0.5, 0.6) is 0 Å². The highest BCUT2D eigenvalue weighted by atomic mass is 32.1. The van der Waals surface area contributed by atoms with E-state index in [1.165, 1.54) is 17.4 Å². The fraction of sp³-hybridized carbons (Fsp3) is 0.316. The predicted octanol–water partition coefficient (Wildman–Crippen LogP) is 2.63. The lowest BCUT2D eigenvalue weighted by Gasteiger charge is -2.09. The topological polar surface area (TPSA) is 80.3 Å². The summed E-state index contributed by atoms with van der Waals surface area (Å²) < 4.78 is 5.47. The molecule has 3 rings (SSSR count). The number of amides is 2. The summed E-state index contributed by atoms with van der Waals surface area (Å²) in [4.78, 5) is 28.2. The molecule has 7 heteroatoms. The Morgan fingerprint density at radius 2 is 2.15 bits per heavy atom. The molecule has 2 aromatic rings. The summed E-state index contributed by atoms with van der Waals surface area (Å²) >= 11 is 1.30. The minimum absolute atomic E-state index is 0.0901. The third-order valence-electron chi connectivity index (χ3n) is 3.90. The summed E-state index contributed by atoms with van der Waals surface area (Å²) in [5.41, 5.74) is 1.59. The van der Waals surface area contributed by atoms with E-state index < -0.39 is 0 Å². The zero-order valence-corrected chi connectivity index (χ0v) is 15.1. The van der Waals surface area contributed by atoms with Gasteiger partial charge >= 0.3 is 0 Å². The molecule has 1 fully saturated rings. The van der Waals surface area contributed by atoms with Gasteiger partial charge in [0.25, 0.3) is 0 Å². The van der Waals surface area contributed by atoms with Crippen molar-refractivity contribution in [3.63, 3.8) is 0 Å². The van der Waals surface area contributed by atoms with Gasteiger partial charge in [-0.3, -0.25) is 14.9 Å². The number of rotatable bonds is 7. The fourth-order valence-electron chi connectivity index (χ4n) is 2.59. The van der Waals surface area contributed by atoms with E-state index in [0.717, 1.165) is 25.0 Å². The van der Waals surface area contributed by atoms with Crippen LogP contribution in [0.4, 0.5) is 5.13 Å². The van der Waals surface area contributed by atoms with Crippen molar-refractivity contribution >= 4 is 34.4 Å². The Labute approximate surface area is 156 Å². The van der Waals surface area contributed by atoms with Crippen molar-refractivity contribution in [3.8, 4) is 0 Å². The second-order valence-corrected chi connectivity index (χ2v) is 6.85. The Bertz CT molecular complexity index is 767. The minimum atomic E-state index is -0.252. The van der Waals surface area contributed by atoms with Gasteiger partial charge in [-0.15, -0.1) is 11.3 Å². The van der Waals surface area contributed by atoms with Crippen LogP contribution in [0.15, 0.2) is 41.8 Å². The molecule has 0 bridgehead atoms. The molecule has 0 spiro atoms. The molecule has 26 heavy (non-hydrogen) atoms. The summed E-state index contributed by atoms with van der Waals surface area (Å²) in [7, 11) is 0. The van der Waals surface area contributed by atoms with E-state index in [0.29, 0.717) is 17.4 Å². The fourth-order valence-corrected chi connectivity index (χ4v) is 3.30. The summed E-state index contributed by atoms with van der Waals surface area (Å²) in [6.45, 7) is 1.31. The molecule has 0 saturated carbocycles. The number of ether oxygens (including phenoxy) is 1. The van der Waals surface area contributed by atoms with E-state index in [9.17, 15) is 9.59 Å². The molecule has 1 aliphatic rings. The van der Waals surface area contributed by atoms with E-state index in [1.807, 2.05) is 30.3 Å². The number of benzene rings is 1. The molecular formula is C19H21N3O3S. The lowest BCUT2D eigenvalue weighted by molar-refractivity contribution is -0.121. The van der Waals surface area contributed by atoms with E-state index in [2.05, 4.69) is 15.6 Å². The van der Waals surface area contributed by atoms with Crippen LogP contribution in [0, 0.1) is 0 Å². The molecule has 0 radical (unpaired) electrons. The zero-order chi connectivity index (χ0) is 18.2. The van der Waals surface area contributed by atoms with Gasteiger partial charge in [-0.05, 0) is 24.5 Å². The van der Waals surface area contributed by atoms with E-state index in [4.69, 9.17) is 4.74 Å². The van der Waals surface area contributed by atoms with Crippen LogP contribution in [0.3, 0.4) is 0 Å². The number of nitrogens with one attached hydrogen (secondary N) is 2. The maximum absolute atomic E-state index is 12.0. The Hall–Kier alpha value is -2.51. The standard InChI is InChI=1S/C19H21N3O3S/c23-17(9-8-14-5-2-1-3-6-14)22-19-21-15(13-26-19)11-18(24)20-12-16-7-4-10-25-16/h1-3,5-6,8-9,13,16H,4,7,10-12H2,(H,20,24)(H,21,22,23)/b9-8+/t16-/m1/s1. The van der Waals surface area contributed by atoms with Gasteiger partial charge in [0.1, 0.15) is 0 Å². The van der Waals surface area contributed by atoms with Gasteiger partial charge in [0.2, 0.25) is 11.8 Å². The van der Waals surface area contributed by atoms with E-state index in [-0.39, 0.29) is 24.3 Å². The van der Waals surface area contributed by atoms with Crippen molar-refractivity contribution < 1.29 is 14.3 Å². The monoisotopic (exact) mass is 371 g/mol. The van der Waals surface area contributed by atoms with Crippen molar-refractivity contribution in [1.29, 1.82) is 0 Å². The Balaban J connectivity index is 1.44. The van der Waals surface area contributed by atoms with Crippen molar-refractivity contribution in [3.05, 3.63) is 53.0 Å². The average molecular weight is 371 g/mol. The second kappa shape index (κ2) is 9.26. The predicted molar refractivity (Wildman–Crippen MR) is 102 cm³/mol. The lowest BCUT2D eigenvalue weighted by atomic mass is 10.2. The first-order valence-corrected chi connectivity index (χ1v) is 9.44. The van der Waals surface area contributed by atoms with Gasteiger partial charge in [-0.2, -0.15) is 0 Å². The van der Waals surface area contributed by atoms with Crippen molar-refractivity contribution in [2.24, 2.45) is 0 Å². The molecule has 2 N–H and O–H groups in total. The number of nitrogens with zero attached hydrogens (tertiary/aromatic N) is 1. The third-order valence-corrected chi connectivity index (χ3v) is 4.71. The summed E-state index contributed by atoms with van der Waals surface area (Å²) in [5, 5.41) is 7.84. The summed E-state index contributed by atoms with van der Waals surface area (Å²) in [5.74, 6) is -0.342.